The summed E-state index contributed by atoms with van der Waals surface area (Å²) in [5.41, 5.74) is 0.937. The SMILES string of the molecule is N#Cc1ccc(C2CCN(C(=O)c3ccc(OC(F)(F)F)c(NC(=O)c4ccc(=O)[nH]c4)c3)CC2)cc1. The molecule has 0 radical (unpaired) electrons. The first kappa shape index (κ1) is 25.5. The molecule has 11 heteroatoms. The van der Waals surface area contributed by atoms with Crippen LogP contribution in [0.15, 0.2) is 65.6 Å². The molecule has 8 nitrogen and oxygen atoms in total. The fourth-order valence-corrected chi connectivity index (χ4v) is 4.15. The molecule has 190 valence electrons. The zero-order valence-electron chi connectivity index (χ0n) is 19.3. The van der Waals surface area contributed by atoms with E-state index in [4.69, 9.17) is 5.26 Å². The summed E-state index contributed by atoms with van der Waals surface area (Å²) in [6.07, 6.45) is -2.53. The maximum atomic E-state index is 13.1. The van der Waals surface area contributed by atoms with E-state index in [1.165, 1.54) is 12.1 Å². The van der Waals surface area contributed by atoms with Gasteiger partial charge in [0.05, 0.1) is 22.9 Å². The van der Waals surface area contributed by atoms with Crippen LogP contribution in [0.3, 0.4) is 0 Å². The van der Waals surface area contributed by atoms with Gasteiger partial charge in [-0.15, -0.1) is 13.2 Å². The number of nitrogens with one attached hydrogen (secondary N) is 2. The molecule has 0 saturated carbocycles. The Morgan fingerprint density at radius 2 is 1.70 bits per heavy atom. The molecule has 37 heavy (non-hydrogen) atoms. The van der Waals surface area contributed by atoms with Crippen LogP contribution in [0.2, 0.25) is 0 Å². The van der Waals surface area contributed by atoms with E-state index >= 15 is 0 Å². The zero-order chi connectivity index (χ0) is 26.6. The number of pyridine rings is 1. The van der Waals surface area contributed by atoms with Crippen molar-refractivity contribution in [3.05, 3.63) is 93.4 Å². The predicted molar refractivity (Wildman–Crippen MR) is 127 cm³/mol. The van der Waals surface area contributed by atoms with Crippen LogP contribution in [0.25, 0.3) is 0 Å². The Bertz CT molecular complexity index is 1380. The highest BCUT2D eigenvalue weighted by atomic mass is 19.4. The van der Waals surface area contributed by atoms with Crippen LogP contribution in [-0.2, 0) is 0 Å². The Balaban J connectivity index is 1.50. The Labute approximate surface area is 209 Å². The van der Waals surface area contributed by atoms with Crippen LogP contribution in [0.4, 0.5) is 18.9 Å². The lowest BCUT2D eigenvalue weighted by molar-refractivity contribution is -0.274. The van der Waals surface area contributed by atoms with Crippen molar-refractivity contribution in [3.8, 4) is 11.8 Å². The molecule has 1 fully saturated rings. The number of H-pyrrole nitrogens is 1. The van der Waals surface area contributed by atoms with E-state index in [1.54, 1.807) is 17.0 Å². The molecular weight excluding hydrogens is 489 g/mol. The number of carbonyl (C=O) groups is 2. The van der Waals surface area contributed by atoms with Gasteiger partial charge in [-0.25, -0.2) is 0 Å². The number of hydrogen-bond acceptors (Lipinski definition) is 5. The lowest BCUT2D eigenvalue weighted by atomic mass is 9.89. The topological polar surface area (TPSA) is 115 Å². The van der Waals surface area contributed by atoms with Gasteiger partial charge in [0.15, 0.2) is 5.75 Å². The number of aromatic amines is 1. The summed E-state index contributed by atoms with van der Waals surface area (Å²) in [4.78, 5) is 40.8. The van der Waals surface area contributed by atoms with Crippen LogP contribution in [-0.4, -0.2) is 41.2 Å². The van der Waals surface area contributed by atoms with Gasteiger partial charge in [-0.3, -0.25) is 14.4 Å². The van der Waals surface area contributed by atoms with Gasteiger partial charge in [0.2, 0.25) is 5.56 Å². The summed E-state index contributed by atoms with van der Waals surface area (Å²) in [5.74, 6) is -1.65. The van der Waals surface area contributed by atoms with Gasteiger partial charge in [0.1, 0.15) is 0 Å². The van der Waals surface area contributed by atoms with Gasteiger partial charge in [0, 0.05) is 30.9 Å². The van der Waals surface area contributed by atoms with Crippen molar-refractivity contribution in [2.45, 2.75) is 25.1 Å². The molecule has 4 rings (SSSR count). The number of aromatic nitrogens is 1. The number of likely N-dealkylation sites (tertiary alicyclic amines) is 1. The molecule has 2 amide bonds. The van der Waals surface area contributed by atoms with Crippen molar-refractivity contribution >= 4 is 17.5 Å². The van der Waals surface area contributed by atoms with E-state index < -0.39 is 29.5 Å². The van der Waals surface area contributed by atoms with Gasteiger partial charge in [-0.05, 0) is 60.7 Å². The number of benzene rings is 2. The van der Waals surface area contributed by atoms with Crippen LogP contribution < -0.4 is 15.6 Å². The molecule has 0 spiro atoms. The summed E-state index contributed by atoms with van der Waals surface area (Å²) in [6, 6.07) is 15.0. The number of piperidine rings is 1. The maximum Gasteiger partial charge on any atom is 0.573 e. The summed E-state index contributed by atoms with van der Waals surface area (Å²) < 4.78 is 42.8. The Hall–Kier alpha value is -4.59. The lowest BCUT2D eigenvalue weighted by Gasteiger charge is -2.32. The van der Waals surface area contributed by atoms with E-state index in [2.05, 4.69) is 21.1 Å². The molecular formula is C26H21F3N4O4. The molecule has 1 saturated heterocycles. The predicted octanol–water partition coefficient (Wildman–Crippen LogP) is 4.42. The molecule has 1 aromatic heterocycles. The van der Waals surface area contributed by atoms with Gasteiger partial charge in [-0.2, -0.15) is 5.26 Å². The summed E-state index contributed by atoms with van der Waals surface area (Å²) in [6.45, 7) is 0.868. The van der Waals surface area contributed by atoms with Crippen molar-refractivity contribution in [1.82, 2.24) is 9.88 Å². The number of hydrogen-bond donors (Lipinski definition) is 2. The Morgan fingerprint density at radius 3 is 2.30 bits per heavy atom. The summed E-state index contributed by atoms with van der Waals surface area (Å²) in [5, 5.41) is 11.3. The zero-order valence-corrected chi connectivity index (χ0v) is 19.3. The first-order chi connectivity index (χ1) is 17.6. The molecule has 0 bridgehead atoms. The minimum absolute atomic E-state index is 0.000775. The number of carbonyl (C=O) groups excluding carboxylic acids is 2. The Morgan fingerprint density at radius 1 is 1.03 bits per heavy atom. The Kier molecular flexibility index (Phi) is 7.29. The highest BCUT2D eigenvalue weighted by Crippen LogP contribution is 2.33. The van der Waals surface area contributed by atoms with E-state index in [1.807, 2.05) is 12.1 Å². The van der Waals surface area contributed by atoms with E-state index in [-0.39, 0.29) is 22.7 Å². The first-order valence-corrected chi connectivity index (χ1v) is 11.3. The normalized spacial score (nSPS) is 14.1. The molecule has 2 aromatic carbocycles. The molecule has 1 aliphatic heterocycles. The van der Waals surface area contributed by atoms with Gasteiger partial charge in [-0.1, -0.05) is 12.1 Å². The number of nitrogens with zero attached hydrogens (tertiary/aromatic N) is 2. The monoisotopic (exact) mass is 510 g/mol. The minimum atomic E-state index is -5.02. The van der Waals surface area contributed by atoms with Gasteiger partial charge < -0.3 is 19.9 Å². The number of alkyl halides is 3. The second kappa shape index (κ2) is 10.6. The maximum absolute atomic E-state index is 13.1. The summed E-state index contributed by atoms with van der Waals surface area (Å²) in [7, 11) is 0. The largest absolute Gasteiger partial charge is 0.573 e. The number of amides is 2. The van der Waals surface area contributed by atoms with Gasteiger partial charge in [0.25, 0.3) is 11.8 Å². The number of halogens is 3. The van der Waals surface area contributed by atoms with Crippen molar-refractivity contribution in [1.29, 1.82) is 5.26 Å². The summed E-state index contributed by atoms with van der Waals surface area (Å²) >= 11 is 0. The molecule has 0 unspecified atom stereocenters. The van der Waals surface area contributed by atoms with Crippen molar-refractivity contribution in [3.63, 3.8) is 0 Å². The second-order valence-corrected chi connectivity index (χ2v) is 8.45. The standard InChI is InChI=1S/C26H21F3N4O4/c27-26(28,29)37-22-7-5-19(13-21(22)32-24(35)20-6-8-23(34)31-15-20)25(36)33-11-9-18(10-12-33)17-3-1-16(14-30)2-4-17/h1-8,13,15,18H,9-12H2,(H,31,34)(H,32,35). The van der Waals surface area contributed by atoms with Crippen LogP contribution in [0.5, 0.6) is 5.75 Å². The smallest absolute Gasteiger partial charge is 0.404 e. The first-order valence-electron chi connectivity index (χ1n) is 11.3. The minimum Gasteiger partial charge on any atom is -0.404 e. The fourth-order valence-electron chi connectivity index (χ4n) is 4.15. The van der Waals surface area contributed by atoms with E-state index in [0.717, 1.165) is 30.0 Å². The quantitative estimate of drug-likeness (QED) is 0.528. The van der Waals surface area contributed by atoms with Crippen molar-refractivity contribution in [2.24, 2.45) is 0 Å². The van der Waals surface area contributed by atoms with Gasteiger partial charge >= 0.3 is 6.36 Å². The number of anilines is 1. The average molecular weight is 510 g/mol. The fraction of sp³-hybridized carbons (Fsp3) is 0.231. The van der Waals surface area contributed by atoms with Crippen LogP contribution in [0.1, 0.15) is 50.6 Å². The van der Waals surface area contributed by atoms with E-state index in [0.29, 0.717) is 31.5 Å². The van der Waals surface area contributed by atoms with Crippen molar-refractivity contribution in [2.75, 3.05) is 18.4 Å². The number of ether oxygens (including phenoxy) is 1. The van der Waals surface area contributed by atoms with Crippen molar-refractivity contribution < 1.29 is 27.5 Å². The molecule has 1 aliphatic rings. The third-order valence-electron chi connectivity index (χ3n) is 6.04. The molecule has 0 aliphatic carbocycles. The van der Waals surface area contributed by atoms with E-state index in [9.17, 15) is 27.6 Å². The third-order valence-corrected chi connectivity index (χ3v) is 6.04. The average Bonchev–Trinajstić information content (AvgIpc) is 2.89. The number of rotatable bonds is 5. The molecule has 2 N–H and O–H groups in total. The highest BCUT2D eigenvalue weighted by molar-refractivity contribution is 6.05. The van der Waals surface area contributed by atoms with Crippen LogP contribution >= 0.6 is 0 Å². The lowest BCUT2D eigenvalue weighted by Crippen LogP contribution is -2.38. The van der Waals surface area contributed by atoms with Crippen LogP contribution in [0, 0.1) is 11.3 Å². The molecule has 0 atom stereocenters. The number of nitriles is 1. The molecule has 2 heterocycles. The second-order valence-electron chi connectivity index (χ2n) is 8.45. The third kappa shape index (κ3) is 6.35. The molecule has 3 aromatic rings. The highest BCUT2D eigenvalue weighted by Gasteiger charge is 2.33.